The van der Waals surface area contributed by atoms with Gasteiger partial charge in [0.2, 0.25) is 0 Å². The molecule has 3 fully saturated rings. The molecule has 0 spiro atoms. The molecule has 0 aromatic carbocycles. The van der Waals surface area contributed by atoms with Crippen molar-refractivity contribution in [2.45, 2.75) is 24.9 Å². The Morgan fingerprint density at radius 1 is 1.33 bits per heavy atom. The molecule has 0 aromatic rings. The predicted octanol–water partition coefficient (Wildman–Crippen LogP) is 0.489. The molecule has 0 atom stereocenters. The van der Waals surface area contributed by atoms with Crippen LogP contribution in [0.3, 0.4) is 0 Å². The Morgan fingerprint density at radius 3 is 1.67 bits per heavy atom. The normalized spacial score (nSPS) is 37.5. The van der Waals surface area contributed by atoms with Gasteiger partial charge in [0.05, 0.1) is 5.60 Å². The van der Waals surface area contributed by atoms with E-state index in [-0.39, 0.29) is 5.60 Å². The molecule has 3 saturated carbocycles. The number of hydrogen-bond donors (Lipinski definition) is 1. The van der Waals surface area contributed by atoms with Gasteiger partial charge in [0.15, 0.2) is 0 Å². The average Bonchev–Trinajstić information content (AvgIpc) is 1.24. The van der Waals surface area contributed by atoms with E-state index < -0.39 is 0 Å². The molecule has 1 heteroatoms. The highest BCUT2D eigenvalue weighted by Gasteiger charge is 2.55. The smallest absolute Gasteiger partial charge is 0.0664 e. The third-order valence-electron chi connectivity index (χ3n) is 1.74. The Balaban J connectivity index is 2.19. The summed E-state index contributed by atoms with van der Waals surface area (Å²) >= 11 is 0. The lowest BCUT2D eigenvalue weighted by molar-refractivity contribution is -0.101. The van der Waals surface area contributed by atoms with E-state index in [1.165, 1.54) is 0 Å². The molecule has 3 aliphatic rings. The first-order chi connectivity index (χ1) is 2.79. The topological polar surface area (TPSA) is 20.2 Å². The van der Waals surface area contributed by atoms with Gasteiger partial charge in [-0.1, -0.05) is 0 Å². The van der Waals surface area contributed by atoms with Crippen molar-refractivity contribution in [1.29, 1.82) is 0 Å². The fraction of sp³-hybridized carbons (Fsp3) is 0.800. The summed E-state index contributed by atoms with van der Waals surface area (Å²) in [5, 5.41) is 8.96. The second-order valence-electron chi connectivity index (χ2n) is 2.50. The van der Waals surface area contributed by atoms with Crippen LogP contribution in [0.25, 0.3) is 0 Å². The van der Waals surface area contributed by atoms with Crippen molar-refractivity contribution in [3.63, 3.8) is 0 Å². The molecule has 3 aliphatic carbocycles. The molecular formula is C5H7O. The first-order valence-corrected chi connectivity index (χ1v) is 2.34. The highest BCUT2D eigenvalue weighted by atomic mass is 16.3. The first kappa shape index (κ1) is 3.03. The third-order valence-corrected chi connectivity index (χ3v) is 1.74. The quantitative estimate of drug-likeness (QED) is 0.452. The minimum atomic E-state index is -0.171. The van der Waals surface area contributed by atoms with Crippen molar-refractivity contribution in [3.05, 3.63) is 5.92 Å². The van der Waals surface area contributed by atoms with Crippen molar-refractivity contribution in [2.24, 2.45) is 0 Å². The minimum absolute atomic E-state index is 0.171. The molecule has 0 aliphatic heterocycles. The van der Waals surface area contributed by atoms with E-state index >= 15 is 0 Å². The van der Waals surface area contributed by atoms with Crippen LogP contribution in [0.15, 0.2) is 0 Å². The van der Waals surface area contributed by atoms with Crippen LogP contribution in [0.5, 0.6) is 0 Å². The zero-order chi connectivity index (χ0) is 4.20. The van der Waals surface area contributed by atoms with Gasteiger partial charge in [0, 0.05) is 0 Å². The molecule has 2 bridgehead atoms. The molecule has 6 heavy (non-hydrogen) atoms. The van der Waals surface area contributed by atoms with E-state index in [4.69, 9.17) is 5.11 Å². The van der Waals surface area contributed by atoms with Crippen LogP contribution in [0.4, 0.5) is 0 Å². The highest BCUT2D eigenvalue weighted by molar-refractivity contribution is 5.28. The van der Waals surface area contributed by atoms with Crippen LogP contribution >= 0.6 is 0 Å². The summed E-state index contributed by atoms with van der Waals surface area (Å²) in [6.07, 6.45) is 3.06. The largest absolute Gasteiger partial charge is 0.390 e. The van der Waals surface area contributed by atoms with E-state index in [1.807, 2.05) is 0 Å². The molecule has 0 aromatic heterocycles. The molecule has 3 rings (SSSR count). The van der Waals surface area contributed by atoms with Crippen molar-refractivity contribution < 1.29 is 5.11 Å². The molecule has 1 nitrogen and oxygen atoms in total. The zero-order valence-corrected chi connectivity index (χ0v) is 3.57. The summed E-state index contributed by atoms with van der Waals surface area (Å²) in [6.45, 7) is 0. The summed E-state index contributed by atoms with van der Waals surface area (Å²) in [5.41, 5.74) is -0.171. The summed E-state index contributed by atoms with van der Waals surface area (Å²) < 4.78 is 0. The van der Waals surface area contributed by atoms with E-state index in [2.05, 4.69) is 0 Å². The van der Waals surface area contributed by atoms with Crippen molar-refractivity contribution in [3.8, 4) is 0 Å². The van der Waals surface area contributed by atoms with Crippen molar-refractivity contribution in [2.75, 3.05) is 0 Å². The molecule has 0 saturated heterocycles. The maximum atomic E-state index is 8.96. The molecule has 0 amide bonds. The Morgan fingerprint density at radius 2 is 1.67 bits per heavy atom. The molecule has 1 radical (unpaired) electrons. The molecular weight excluding hydrogens is 76.1 g/mol. The SMILES string of the molecule is OC12C[C](C1)C2. The lowest BCUT2D eigenvalue weighted by Gasteiger charge is -2.57. The third kappa shape index (κ3) is 0.155. The highest BCUT2D eigenvalue weighted by Crippen LogP contribution is 2.58. The van der Waals surface area contributed by atoms with E-state index in [0.717, 1.165) is 19.3 Å². The predicted molar refractivity (Wildman–Crippen MR) is 22.0 cm³/mol. The van der Waals surface area contributed by atoms with Gasteiger partial charge in [0.1, 0.15) is 0 Å². The fourth-order valence-corrected chi connectivity index (χ4v) is 1.24. The molecule has 0 heterocycles. The lowest BCUT2D eigenvalue weighted by atomic mass is 9.52. The molecule has 0 unspecified atom stereocenters. The maximum absolute atomic E-state index is 8.96. The van der Waals surface area contributed by atoms with Crippen molar-refractivity contribution in [1.82, 2.24) is 0 Å². The number of rotatable bonds is 0. The van der Waals surface area contributed by atoms with Gasteiger partial charge in [-0.3, -0.25) is 0 Å². The van der Waals surface area contributed by atoms with E-state index in [9.17, 15) is 0 Å². The summed E-state index contributed by atoms with van der Waals surface area (Å²) in [7, 11) is 0. The van der Waals surface area contributed by atoms with Gasteiger partial charge in [-0.25, -0.2) is 0 Å². The van der Waals surface area contributed by atoms with Gasteiger partial charge >= 0.3 is 0 Å². The Bertz CT molecular complexity index is 70.9. The van der Waals surface area contributed by atoms with Gasteiger partial charge in [-0.15, -0.1) is 0 Å². The first-order valence-electron chi connectivity index (χ1n) is 2.34. The van der Waals surface area contributed by atoms with Gasteiger partial charge < -0.3 is 5.11 Å². The van der Waals surface area contributed by atoms with Crippen LogP contribution in [0, 0.1) is 5.92 Å². The van der Waals surface area contributed by atoms with Crippen LogP contribution < -0.4 is 0 Å². The zero-order valence-electron chi connectivity index (χ0n) is 3.57. The van der Waals surface area contributed by atoms with Crippen LogP contribution in [-0.2, 0) is 0 Å². The van der Waals surface area contributed by atoms with Gasteiger partial charge in [-0.05, 0) is 25.2 Å². The standard InChI is InChI=1S/C5H7O/c6-5-1-4(2-5)3-5/h6H,1-3H2. The van der Waals surface area contributed by atoms with Gasteiger partial charge in [0.25, 0.3) is 0 Å². The second-order valence-corrected chi connectivity index (χ2v) is 2.50. The summed E-state index contributed by atoms with van der Waals surface area (Å²) in [6, 6.07) is 0. The number of aliphatic hydroxyl groups is 1. The van der Waals surface area contributed by atoms with Crippen LogP contribution in [0.1, 0.15) is 19.3 Å². The Hall–Kier alpha value is -0.0400. The minimum Gasteiger partial charge on any atom is -0.390 e. The van der Waals surface area contributed by atoms with Gasteiger partial charge in [-0.2, -0.15) is 0 Å². The average molecular weight is 83.1 g/mol. The van der Waals surface area contributed by atoms with Crippen LogP contribution in [-0.4, -0.2) is 10.7 Å². The lowest BCUT2D eigenvalue weighted by Crippen LogP contribution is -2.56. The molecule has 33 valence electrons. The Kier molecular flexibility index (Phi) is 0.274. The fourth-order valence-electron chi connectivity index (χ4n) is 1.24. The summed E-state index contributed by atoms with van der Waals surface area (Å²) in [4.78, 5) is 0. The van der Waals surface area contributed by atoms with E-state index in [0.29, 0.717) is 0 Å². The number of hydrogen-bond acceptors (Lipinski definition) is 1. The maximum Gasteiger partial charge on any atom is 0.0664 e. The van der Waals surface area contributed by atoms with E-state index in [1.54, 1.807) is 5.92 Å². The summed E-state index contributed by atoms with van der Waals surface area (Å²) in [5.74, 6) is 1.57. The molecule has 1 N–H and O–H groups in total. The second kappa shape index (κ2) is 0.544. The van der Waals surface area contributed by atoms with Crippen molar-refractivity contribution >= 4 is 0 Å². The Labute approximate surface area is 37.0 Å². The monoisotopic (exact) mass is 83.0 g/mol. The van der Waals surface area contributed by atoms with Crippen LogP contribution in [0.2, 0.25) is 0 Å².